The molecule has 1 unspecified atom stereocenters. The van der Waals surface area contributed by atoms with Crippen LogP contribution in [0.4, 0.5) is 0 Å². The van der Waals surface area contributed by atoms with Gasteiger partial charge in [0.15, 0.2) is 11.5 Å². The van der Waals surface area contributed by atoms with Gasteiger partial charge < -0.3 is 24.2 Å². The van der Waals surface area contributed by atoms with Gasteiger partial charge in [0.05, 0.1) is 26.8 Å². The smallest absolute Gasteiger partial charge is 0.203 e. The third-order valence-corrected chi connectivity index (χ3v) is 4.38. The van der Waals surface area contributed by atoms with Crippen LogP contribution >= 0.6 is 0 Å². The molecule has 1 fully saturated rings. The van der Waals surface area contributed by atoms with E-state index in [2.05, 4.69) is 6.92 Å². The Kier molecular flexibility index (Phi) is 6.34. The maximum atomic E-state index is 10.3. The first kappa shape index (κ1) is 16.9. The topological polar surface area (TPSA) is 52.4 Å². The summed E-state index contributed by atoms with van der Waals surface area (Å²) in [6.45, 7) is 4.35. The molecule has 1 heterocycles. The first-order valence-electron chi connectivity index (χ1n) is 8.02. The van der Waals surface area contributed by atoms with Crippen LogP contribution in [0.5, 0.6) is 17.2 Å². The number of quaternary nitrogens is 1. The van der Waals surface area contributed by atoms with Crippen molar-refractivity contribution in [1.82, 2.24) is 0 Å². The summed E-state index contributed by atoms with van der Waals surface area (Å²) in [7, 11) is 3.19. The maximum absolute atomic E-state index is 10.3. The Hall–Kier alpha value is -1.46. The van der Waals surface area contributed by atoms with Crippen molar-refractivity contribution in [3.63, 3.8) is 0 Å². The fourth-order valence-corrected chi connectivity index (χ4v) is 3.06. The molecule has 5 nitrogen and oxygen atoms in total. The summed E-state index contributed by atoms with van der Waals surface area (Å²) in [5.74, 6) is 1.78. The SMILES string of the molecule is COc1cccc(OC)c1OC[C@@H](O)C[NH+]1CCCC[C@H]1C. The molecule has 0 aliphatic carbocycles. The van der Waals surface area contributed by atoms with Crippen molar-refractivity contribution in [2.75, 3.05) is 33.9 Å². The van der Waals surface area contributed by atoms with E-state index < -0.39 is 6.10 Å². The van der Waals surface area contributed by atoms with Gasteiger partial charge in [0.1, 0.15) is 19.3 Å². The molecule has 22 heavy (non-hydrogen) atoms. The molecule has 1 aromatic carbocycles. The van der Waals surface area contributed by atoms with E-state index in [1.807, 2.05) is 18.2 Å². The molecule has 1 aliphatic heterocycles. The molecule has 1 aliphatic rings. The average Bonchev–Trinajstić information content (AvgIpc) is 2.54. The summed E-state index contributed by atoms with van der Waals surface area (Å²) in [6, 6.07) is 6.11. The molecule has 124 valence electrons. The highest BCUT2D eigenvalue weighted by atomic mass is 16.5. The van der Waals surface area contributed by atoms with Gasteiger partial charge in [0.25, 0.3) is 0 Å². The van der Waals surface area contributed by atoms with E-state index in [9.17, 15) is 5.11 Å². The molecule has 0 radical (unpaired) electrons. The molecule has 0 amide bonds. The number of aliphatic hydroxyl groups is 1. The largest absolute Gasteiger partial charge is 0.493 e. The second-order valence-electron chi connectivity index (χ2n) is 5.97. The lowest BCUT2D eigenvalue weighted by Crippen LogP contribution is -3.17. The summed E-state index contributed by atoms with van der Waals surface area (Å²) in [5.41, 5.74) is 0. The first-order chi connectivity index (χ1) is 10.7. The first-order valence-corrected chi connectivity index (χ1v) is 8.02. The zero-order chi connectivity index (χ0) is 15.9. The summed E-state index contributed by atoms with van der Waals surface area (Å²) >= 11 is 0. The Labute approximate surface area is 132 Å². The normalized spacial score (nSPS) is 22.9. The zero-order valence-electron chi connectivity index (χ0n) is 13.8. The van der Waals surface area contributed by atoms with Crippen molar-refractivity contribution < 1.29 is 24.2 Å². The number of ether oxygens (including phenoxy) is 3. The van der Waals surface area contributed by atoms with Gasteiger partial charge in [0, 0.05) is 0 Å². The third kappa shape index (κ3) is 4.27. The van der Waals surface area contributed by atoms with Gasteiger partial charge >= 0.3 is 0 Å². The van der Waals surface area contributed by atoms with Crippen molar-refractivity contribution >= 4 is 0 Å². The van der Waals surface area contributed by atoms with Crippen molar-refractivity contribution in [3.8, 4) is 17.2 Å². The minimum atomic E-state index is -0.495. The van der Waals surface area contributed by atoms with Gasteiger partial charge in [-0.25, -0.2) is 0 Å². The predicted molar refractivity (Wildman–Crippen MR) is 85.1 cm³/mol. The summed E-state index contributed by atoms with van der Waals surface area (Å²) in [4.78, 5) is 1.47. The average molecular weight is 310 g/mol. The number of methoxy groups -OCH3 is 2. The van der Waals surface area contributed by atoms with Crippen LogP contribution in [-0.2, 0) is 0 Å². The van der Waals surface area contributed by atoms with Gasteiger partial charge in [-0.15, -0.1) is 0 Å². The monoisotopic (exact) mass is 310 g/mol. The zero-order valence-corrected chi connectivity index (χ0v) is 13.8. The molecule has 0 aromatic heterocycles. The van der Waals surface area contributed by atoms with E-state index in [1.54, 1.807) is 14.2 Å². The van der Waals surface area contributed by atoms with E-state index in [1.165, 1.54) is 24.2 Å². The molecule has 0 spiro atoms. The number of rotatable bonds is 7. The molecule has 0 saturated carbocycles. The van der Waals surface area contributed by atoms with Crippen LogP contribution in [0.15, 0.2) is 18.2 Å². The van der Waals surface area contributed by atoms with E-state index in [-0.39, 0.29) is 6.61 Å². The number of aliphatic hydroxyl groups excluding tert-OH is 1. The molecule has 5 heteroatoms. The highest BCUT2D eigenvalue weighted by Gasteiger charge is 2.25. The van der Waals surface area contributed by atoms with Crippen LogP contribution in [-0.4, -0.2) is 51.2 Å². The van der Waals surface area contributed by atoms with E-state index >= 15 is 0 Å². The molecular weight excluding hydrogens is 282 g/mol. The number of hydrogen-bond acceptors (Lipinski definition) is 4. The second kappa shape index (κ2) is 8.25. The number of para-hydroxylation sites is 1. The van der Waals surface area contributed by atoms with Crippen molar-refractivity contribution in [2.24, 2.45) is 0 Å². The van der Waals surface area contributed by atoms with E-state index in [0.29, 0.717) is 23.3 Å². The number of piperidine rings is 1. The lowest BCUT2D eigenvalue weighted by molar-refractivity contribution is -0.931. The van der Waals surface area contributed by atoms with Gasteiger partial charge in [-0.1, -0.05) is 6.07 Å². The number of nitrogens with one attached hydrogen (secondary N) is 1. The Bertz CT molecular complexity index is 444. The van der Waals surface area contributed by atoms with Gasteiger partial charge in [-0.05, 0) is 38.3 Å². The van der Waals surface area contributed by atoms with Gasteiger partial charge in [0.2, 0.25) is 5.75 Å². The van der Waals surface area contributed by atoms with E-state index in [4.69, 9.17) is 14.2 Å². The van der Waals surface area contributed by atoms with Crippen LogP contribution < -0.4 is 19.1 Å². The Morgan fingerprint density at radius 2 is 1.91 bits per heavy atom. The molecule has 2 rings (SSSR count). The van der Waals surface area contributed by atoms with Crippen LogP contribution in [0, 0.1) is 0 Å². The van der Waals surface area contributed by atoms with Gasteiger partial charge in [-0.2, -0.15) is 0 Å². The predicted octanol–water partition coefficient (Wildman–Crippen LogP) is 0.901. The number of likely N-dealkylation sites (tertiary alicyclic amines) is 1. The lowest BCUT2D eigenvalue weighted by atomic mass is 10.0. The minimum absolute atomic E-state index is 0.243. The molecule has 1 saturated heterocycles. The molecule has 0 bridgehead atoms. The molecular formula is C17H28NO4+. The van der Waals surface area contributed by atoms with Crippen molar-refractivity contribution in [3.05, 3.63) is 18.2 Å². The summed E-state index contributed by atoms with van der Waals surface area (Å²) < 4.78 is 16.4. The Balaban J connectivity index is 1.92. The molecule has 2 N–H and O–H groups in total. The fraction of sp³-hybridized carbons (Fsp3) is 0.647. The highest BCUT2D eigenvalue weighted by Crippen LogP contribution is 2.36. The summed E-state index contributed by atoms with van der Waals surface area (Å²) in [5, 5.41) is 10.3. The van der Waals surface area contributed by atoms with Crippen LogP contribution in [0.25, 0.3) is 0 Å². The van der Waals surface area contributed by atoms with Crippen LogP contribution in [0.1, 0.15) is 26.2 Å². The van der Waals surface area contributed by atoms with Crippen LogP contribution in [0.2, 0.25) is 0 Å². The Morgan fingerprint density at radius 1 is 1.23 bits per heavy atom. The Morgan fingerprint density at radius 3 is 2.50 bits per heavy atom. The quantitative estimate of drug-likeness (QED) is 0.786. The third-order valence-electron chi connectivity index (χ3n) is 4.38. The number of hydrogen-bond donors (Lipinski definition) is 2. The van der Waals surface area contributed by atoms with E-state index in [0.717, 1.165) is 13.1 Å². The lowest BCUT2D eigenvalue weighted by Gasteiger charge is -2.31. The van der Waals surface area contributed by atoms with Crippen molar-refractivity contribution in [2.45, 2.75) is 38.3 Å². The molecule has 3 atom stereocenters. The van der Waals surface area contributed by atoms with Gasteiger partial charge in [-0.3, -0.25) is 0 Å². The minimum Gasteiger partial charge on any atom is -0.493 e. The van der Waals surface area contributed by atoms with Crippen molar-refractivity contribution in [1.29, 1.82) is 0 Å². The maximum Gasteiger partial charge on any atom is 0.203 e. The standard InChI is InChI=1S/C17H27NO4/c1-13-7-4-5-10-18(13)11-14(19)12-22-17-15(20-2)8-6-9-16(17)21-3/h6,8-9,13-14,19H,4-5,7,10-12H2,1-3H3/p+1/t13-,14+/m1/s1. The highest BCUT2D eigenvalue weighted by molar-refractivity contribution is 5.51. The summed E-state index contributed by atoms with van der Waals surface area (Å²) in [6.07, 6.45) is 3.29. The van der Waals surface area contributed by atoms with Crippen LogP contribution in [0.3, 0.4) is 0 Å². The molecule has 1 aromatic rings. The second-order valence-corrected chi connectivity index (χ2v) is 5.97. The number of benzene rings is 1. The fourth-order valence-electron chi connectivity index (χ4n) is 3.06.